The number of halogens is 1. The summed E-state index contributed by atoms with van der Waals surface area (Å²) in [6.07, 6.45) is 5.12. The quantitative estimate of drug-likeness (QED) is 0.460. The van der Waals surface area contributed by atoms with Crippen LogP contribution in [-0.4, -0.2) is 73.1 Å². The molecule has 7 heteroatoms. The summed E-state index contributed by atoms with van der Waals surface area (Å²) in [7, 11) is 0. The molecule has 172 valence electrons. The molecule has 6 nitrogen and oxygen atoms in total. The number of piperidine rings is 1. The fourth-order valence-corrected chi connectivity index (χ4v) is 4.77. The number of carbonyl (C=O) groups is 1. The van der Waals surface area contributed by atoms with E-state index < -0.39 is 0 Å². The Kier molecular flexibility index (Phi) is 7.87. The molecule has 1 aromatic heterocycles. The second-order valence-corrected chi connectivity index (χ2v) is 9.08. The van der Waals surface area contributed by atoms with Crippen molar-refractivity contribution in [3.63, 3.8) is 0 Å². The van der Waals surface area contributed by atoms with Crippen LogP contribution in [0.25, 0.3) is 0 Å². The summed E-state index contributed by atoms with van der Waals surface area (Å²) in [6.45, 7) is 9.20. The number of likely N-dealkylation sites (tertiary alicyclic amines) is 1. The molecule has 4 rings (SSSR count). The van der Waals surface area contributed by atoms with Gasteiger partial charge < -0.3 is 19.4 Å². The summed E-state index contributed by atoms with van der Waals surface area (Å²) >= 11 is 6.02. The minimum absolute atomic E-state index is 0.0188. The molecule has 0 saturated carbocycles. The number of ether oxygens (including phenoxy) is 1. The van der Waals surface area contributed by atoms with Gasteiger partial charge in [0.1, 0.15) is 10.9 Å². The van der Waals surface area contributed by atoms with E-state index in [1.807, 2.05) is 11.8 Å². The van der Waals surface area contributed by atoms with Crippen molar-refractivity contribution in [1.82, 2.24) is 14.8 Å². The topological polar surface area (TPSA) is 48.9 Å². The number of hydrogen-bond acceptors (Lipinski definition) is 5. The van der Waals surface area contributed by atoms with Crippen LogP contribution in [-0.2, 0) is 0 Å². The molecule has 2 aliphatic heterocycles. The van der Waals surface area contributed by atoms with E-state index in [1.165, 1.54) is 38.0 Å². The number of hydrogen-bond donors (Lipinski definition) is 0. The monoisotopic (exact) mass is 456 g/mol. The fraction of sp³-hybridized carbons (Fsp3) is 0.520. The summed E-state index contributed by atoms with van der Waals surface area (Å²) in [5.74, 6) is 0.941. The Balaban J connectivity index is 1.21. The Labute approximate surface area is 196 Å². The highest BCUT2D eigenvalue weighted by Gasteiger charge is 2.23. The van der Waals surface area contributed by atoms with Gasteiger partial charge in [-0.05, 0) is 75.7 Å². The number of benzene rings is 1. The molecule has 2 fully saturated rings. The average molecular weight is 457 g/mol. The van der Waals surface area contributed by atoms with Gasteiger partial charge in [0, 0.05) is 49.7 Å². The SMILES string of the molecule is Cc1cc(C(=O)N2CCN(c3ccc(OCCCN4CCCCC4)cc3)CC2)cc(Cl)n1. The minimum Gasteiger partial charge on any atom is -0.494 e. The van der Waals surface area contributed by atoms with Crippen molar-refractivity contribution in [2.24, 2.45) is 0 Å². The van der Waals surface area contributed by atoms with Gasteiger partial charge >= 0.3 is 0 Å². The van der Waals surface area contributed by atoms with Gasteiger partial charge in [0.15, 0.2) is 0 Å². The first-order valence-corrected chi connectivity index (χ1v) is 12.1. The van der Waals surface area contributed by atoms with Crippen LogP contribution in [0.1, 0.15) is 41.7 Å². The van der Waals surface area contributed by atoms with Gasteiger partial charge in [-0.25, -0.2) is 4.98 Å². The van der Waals surface area contributed by atoms with Crippen LogP contribution in [0.5, 0.6) is 5.75 Å². The first-order chi connectivity index (χ1) is 15.6. The van der Waals surface area contributed by atoms with E-state index in [9.17, 15) is 4.79 Å². The molecule has 0 unspecified atom stereocenters. The molecule has 0 radical (unpaired) electrons. The van der Waals surface area contributed by atoms with Crippen molar-refractivity contribution in [2.75, 3.05) is 57.3 Å². The van der Waals surface area contributed by atoms with Gasteiger partial charge in [-0.1, -0.05) is 18.0 Å². The van der Waals surface area contributed by atoms with Crippen LogP contribution < -0.4 is 9.64 Å². The van der Waals surface area contributed by atoms with E-state index >= 15 is 0 Å². The molecular formula is C25H33ClN4O2. The molecule has 2 saturated heterocycles. The maximum absolute atomic E-state index is 12.8. The molecule has 0 atom stereocenters. The van der Waals surface area contributed by atoms with E-state index in [-0.39, 0.29) is 5.91 Å². The number of aryl methyl sites for hydroxylation is 1. The zero-order valence-corrected chi connectivity index (χ0v) is 19.7. The first kappa shape index (κ1) is 22.9. The first-order valence-electron chi connectivity index (χ1n) is 11.7. The van der Waals surface area contributed by atoms with Crippen LogP contribution in [0.4, 0.5) is 5.69 Å². The molecule has 0 spiro atoms. The lowest BCUT2D eigenvalue weighted by molar-refractivity contribution is 0.0746. The predicted molar refractivity (Wildman–Crippen MR) is 129 cm³/mol. The second-order valence-electron chi connectivity index (χ2n) is 8.70. The van der Waals surface area contributed by atoms with E-state index in [0.717, 1.165) is 44.1 Å². The lowest BCUT2D eigenvalue weighted by atomic mass is 10.1. The predicted octanol–water partition coefficient (Wildman–Crippen LogP) is 4.26. The molecule has 1 aromatic carbocycles. The summed E-state index contributed by atoms with van der Waals surface area (Å²) in [4.78, 5) is 23.7. The number of pyridine rings is 1. The molecular weight excluding hydrogens is 424 g/mol. The zero-order chi connectivity index (χ0) is 22.3. The van der Waals surface area contributed by atoms with Crippen LogP contribution >= 0.6 is 11.6 Å². The van der Waals surface area contributed by atoms with Crippen molar-refractivity contribution in [2.45, 2.75) is 32.6 Å². The van der Waals surface area contributed by atoms with E-state index in [4.69, 9.17) is 16.3 Å². The minimum atomic E-state index is 0.0188. The van der Waals surface area contributed by atoms with E-state index in [1.54, 1.807) is 12.1 Å². The maximum Gasteiger partial charge on any atom is 0.254 e. The number of piperazine rings is 1. The Morgan fingerprint density at radius 2 is 1.72 bits per heavy atom. The number of anilines is 1. The van der Waals surface area contributed by atoms with Gasteiger partial charge in [0.25, 0.3) is 5.91 Å². The van der Waals surface area contributed by atoms with Gasteiger partial charge in [0.05, 0.1) is 6.61 Å². The normalized spacial score (nSPS) is 17.4. The molecule has 0 aliphatic carbocycles. The van der Waals surface area contributed by atoms with Gasteiger partial charge in [-0.3, -0.25) is 4.79 Å². The number of rotatable bonds is 7. The summed E-state index contributed by atoms with van der Waals surface area (Å²) in [6, 6.07) is 11.8. The lowest BCUT2D eigenvalue weighted by Crippen LogP contribution is -2.48. The van der Waals surface area contributed by atoms with Crippen molar-refractivity contribution in [3.05, 3.63) is 52.8 Å². The third-order valence-electron chi connectivity index (χ3n) is 6.27. The van der Waals surface area contributed by atoms with Crippen LogP contribution in [0, 0.1) is 6.92 Å². The van der Waals surface area contributed by atoms with Crippen molar-refractivity contribution >= 4 is 23.2 Å². The molecule has 2 aromatic rings. The fourth-order valence-electron chi connectivity index (χ4n) is 4.52. The lowest BCUT2D eigenvalue weighted by Gasteiger charge is -2.36. The summed E-state index contributed by atoms with van der Waals surface area (Å²) in [5.41, 5.74) is 2.53. The third-order valence-corrected chi connectivity index (χ3v) is 6.47. The highest BCUT2D eigenvalue weighted by atomic mass is 35.5. The highest BCUT2D eigenvalue weighted by molar-refractivity contribution is 6.29. The highest BCUT2D eigenvalue weighted by Crippen LogP contribution is 2.22. The number of carbonyl (C=O) groups excluding carboxylic acids is 1. The Bertz CT molecular complexity index is 871. The maximum atomic E-state index is 12.8. The Hall–Kier alpha value is -2.31. The van der Waals surface area contributed by atoms with E-state index in [0.29, 0.717) is 23.8 Å². The standard InChI is InChI=1S/C25H33ClN4O2/c1-20-18-21(19-24(26)27-20)25(31)30-15-13-29(14-16-30)22-6-8-23(9-7-22)32-17-5-12-28-10-3-2-4-11-28/h6-9,18-19H,2-5,10-17H2,1H3. The van der Waals surface area contributed by atoms with Crippen molar-refractivity contribution in [1.29, 1.82) is 0 Å². The number of amides is 1. The Morgan fingerprint density at radius 3 is 2.41 bits per heavy atom. The van der Waals surface area contributed by atoms with Gasteiger partial charge in [-0.15, -0.1) is 0 Å². The molecule has 32 heavy (non-hydrogen) atoms. The van der Waals surface area contributed by atoms with Crippen molar-refractivity contribution < 1.29 is 9.53 Å². The molecule has 2 aliphatic rings. The summed E-state index contributed by atoms with van der Waals surface area (Å²) in [5, 5.41) is 0.362. The summed E-state index contributed by atoms with van der Waals surface area (Å²) < 4.78 is 5.94. The largest absolute Gasteiger partial charge is 0.494 e. The van der Waals surface area contributed by atoms with Crippen LogP contribution in [0.15, 0.2) is 36.4 Å². The van der Waals surface area contributed by atoms with Crippen molar-refractivity contribution in [3.8, 4) is 5.75 Å². The van der Waals surface area contributed by atoms with E-state index in [2.05, 4.69) is 39.0 Å². The van der Waals surface area contributed by atoms with Gasteiger partial charge in [0.2, 0.25) is 0 Å². The Morgan fingerprint density at radius 1 is 1.00 bits per heavy atom. The van der Waals surface area contributed by atoms with Crippen LogP contribution in [0.3, 0.4) is 0 Å². The molecule has 0 bridgehead atoms. The average Bonchev–Trinajstić information content (AvgIpc) is 2.82. The number of aromatic nitrogens is 1. The van der Waals surface area contributed by atoms with Crippen LogP contribution in [0.2, 0.25) is 5.15 Å². The molecule has 3 heterocycles. The third kappa shape index (κ3) is 6.14. The molecule has 0 N–H and O–H groups in total. The molecule has 1 amide bonds. The number of nitrogens with zero attached hydrogens (tertiary/aromatic N) is 4. The second kappa shape index (κ2) is 11.0. The smallest absolute Gasteiger partial charge is 0.254 e. The van der Waals surface area contributed by atoms with Gasteiger partial charge in [-0.2, -0.15) is 0 Å². The zero-order valence-electron chi connectivity index (χ0n) is 18.9.